The fourth-order valence-electron chi connectivity index (χ4n) is 3.28. The topological polar surface area (TPSA) is 66.8 Å². The molecule has 0 saturated carbocycles. The lowest BCUT2D eigenvalue weighted by atomic mass is 10.0. The van der Waals surface area contributed by atoms with Crippen LogP contribution in [0.15, 0.2) is 48.5 Å². The van der Waals surface area contributed by atoms with Crippen molar-refractivity contribution in [3.8, 4) is 11.1 Å². The zero-order chi connectivity index (χ0) is 19.2. The molecule has 1 fully saturated rings. The fourth-order valence-corrected chi connectivity index (χ4v) is 3.28. The van der Waals surface area contributed by atoms with Crippen molar-refractivity contribution in [1.29, 1.82) is 0 Å². The van der Waals surface area contributed by atoms with E-state index >= 15 is 0 Å². The molecule has 1 aliphatic rings. The zero-order valence-corrected chi connectivity index (χ0v) is 15.6. The van der Waals surface area contributed by atoms with Crippen molar-refractivity contribution in [2.24, 2.45) is 5.92 Å². The van der Waals surface area contributed by atoms with Gasteiger partial charge < -0.3 is 14.7 Å². The predicted octanol–water partition coefficient (Wildman–Crippen LogP) is 3.48. The van der Waals surface area contributed by atoms with E-state index in [9.17, 15) is 14.7 Å². The number of ether oxygens (including phenoxy) is 1. The van der Waals surface area contributed by atoms with Gasteiger partial charge in [-0.25, -0.2) is 0 Å². The van der Waals surface area contributed by atoms with Gasteiger partial charge in [0.15, 0.2) is 0 Å². The number of aliphatic carboxylic acids is 1. The van der Waals surface area contributed by atoms with E-state index in [1.807, 2.05) is 12.1 Å². The maximum absolute atomic E-state index is 12.8. The van der Waals surface area contributed by atoms with Crippen molar-refractivity contribution in [2.75, 3.05) is 26.3 Å². The highest BCUT2D eigenvalue weighted by molar-refractivity contribution is 5.95. The third-order valence-electron chi connectivity index (χ3n) is 4.86. The minimum Gasteiger partial charge on any atom is -0.481 e. The first-order chi connectivity index (χ1) is 13.1. The summed E-state index contributed by atoms with van der Waals surface area (Å²) in [5, 5.41) is 9.23. The van der Waals surface area contributed by atoms with Gasteiger partial charge in [0.25, 0.3) is 5.91 Å². The van der Waals surface area contributed by atoms with Crippen LogP contribution in [0.25, 0.3) is 11.1 Å². The lowest BCUT2D eigenvalue weighted by Crippen LogP contribution is -2.38. The van der Waals surface area contributed by atoms with Crippen LogP contribution in [-0.4, -0.2) is 48.2 Å². The minimum atomic E-state index is -0.934. The summed E-state index contributed by atoms with van der Waals surface area (Å²) in [6, 6.07) is 16.0. The Kier molecular flexibility index (Phi) is 6.24. The lowest BCUT2D eigenvalue weighted by molar-refractivity contribution is -0.143. The molecular formula is C22H25NO4. The summed E-state index contributed by atoms with van der Waals surface area (Å²) >= 11 is 0. The van der Waals surface area contributed by atoms with Crippen LogP contribution in [0.5, 0.6) is 0 Å². The number of nitrogens with zero attached hydrogens (tertiary/aromatic N) is 1. The normalized spacial score (nSPS) is 17.4. The number of carboxylic acid groups (broad SMARTS) is 1. The van der Waals surface area contributed by atoms with Crippen LogP contribution in [0.3, 0.4) is 0 Å². The number of rotatable bonds is 5. The molecule has 1 aliphatic heterocycles. The van der Waals surface area contributed by atoms with Crippen LogP contribution >= 0.6 is 0 Å². The van der Waals surface area contributed by atoms with E-state index < -0.39 is 11.9 Å². The van der Waals surface area contributed by atoms with Gasteiger partial charge in [-0.1, -0.05) is 49.7 Å². The van der Waals surface area contributed by atoms with Crippen LogP contribution in [0.2, 0.25) is 0 Å². The molecule has 1 N–H and O–H groups in total. The molecule has 1 unspecified atom stereocenters. The zero-order valence-electron chi connectivity index (χ0n) is 15.6. The monoisotopic (exact) mass is 367 g/mol. The molecule has 0 aliphatic carbocycles. The molecule has 1 atom stereocenters. The van der Waals surface area contributed by atoms with Gasteiger partial charge in [0.2, 0.25) is 0 Å². The summed E-state index contributed by atoms with van der Waals surface area (Å²) in [7, 11) is 0. The van der Waals surface area contributed by atoms with Crippen molar-refractivity contribution in [3.05, 3.63) is 59.7 Å². The summed E-state index contributed by atoms with van der Waals surface area (Å²) in [6.45, 7) is 3.25. The van der Waals surface area contributed by atoms with Gasteiger partial charge in [-0.3, -0.25) is 9.59 Å². The molecule has 3 rings (SSSR count). The summed E-state index contributed by atoms with van der Waals surface area (Å²) in [5.74, 6) is -1.77. The molecule has 142 valence electrons. The Balaban J connectivity index is 1.72. The Labute approximate surface area is 159 Å². The second-order valence-corrected chi connectivity index (χ2v) is 6.89. The third-order valence-corrected chi connectivity index (χ3v) is 4.86. The highest BCUT2D eigenvalue weighted by atomic mass is 16.5. The predicted molar refractivity (Wildman–Crippen MR) is 104 cm³/mol. The highest BCUT2D eigenvalue weighted by Gasteiger charge is 2.27. The van der Waals surface area contributed by atoms with E-state index in [0.717, 1.165) is 24.0 Å². The van der Waals surface area contributed by atoms with Crippen molar-refractivity contribution in [3.63, 3.8) is 0 Å². The Morgan fingerprint density at radius 2 is 1.70 bits per heavy atom. The summed E-state index contributed by atoms with van der Waals surface area (Å²) in [4.78, 5) is 25.6. The largest absolute Gasteiger partial charge is 0.481 e. The molecule has 0 radical (unpaired) electrons. The van der Waals surface area contributed by atoms with Gasteiger partial charge in [-0.15, -0.1) is 0 Å². The van der Waals surface area contributed by atoms with Crippen molar-refractivity contribution >= 4 is 11.9 Å². The number of hydrogen-bond acceptors (Lipinski definition) is 3. The van der Waals surface area contributed by atoms with Crippen LogP contribution in [0.1, 0.15) is 29.3 Å². The van der Waals surface area contributed by atoms with E-state index in [0.29, 0.717) is 18.7 Å². The van der Waals surface area contributed by atoms with Crippen LogP contribution in [0.4, 0.5) is 0 Å². The molecule has 1 saturated heterocycles. The van der Waals surface area contributed by atoms with Crippen LogP contribution in [-0.2, 0) is 16.0 Å². The fraction of sp³-hybridized carbons (Fsp3) is 0.364. The number of amides is 1. The SMILES string of the molecule is CCCc1ccc(-c2ccc(C(=O)N3CCOCC(C(=O)O)C3)cc2)cc1. The summed E-state index contributed by atoms with van der Waals surface area (Å²) < 4.78 is 5.31. The molecule has 5 heteroatoms. The molecule has 0 bridgehead atoms. The molecule has 0 aromatic heterocycles. The molecule has 1 heterocycles. The van der Waals surface area contributed by atoms with E-state index in [4.69, 9.17) is 4.74 Å². The first-order valence-electron chi connectivity index (χ1n) is 9.37. The number of benzene rings is 2. The Bertz CT molecular complexity index is 783. The third kappa shape index (κ3) is 4.74. The van der Waals surface area contributed by atoms with Gasteiger partial charge in [0.1, 0.15) is 0 Å². The Morgan fingerprint density at radius 1 is 1.07 bits per heavy atom. The van der Waals surface area contributed by atoms with Crippen molar-refractivity contribution < 1.29 is 19.4 Å². The molecule has 2 aromatic carbocycles. The number of aryl methyl sites for hydroxylation is 1. The average molecular weight is 367 g/mol. The van der Waals surface area contributed by atoms with E-state index in [1.54, 1.807) is 17.0 Å². The molecule has 1 amide bonds. The van der Waals surface area contributed by atoms with E-state index in [2.05, 4.69) is 31.2 Å². The molecular weight excluding hydrogens is 342 g/mol. The minimum absolute atomic E-state index is 0.145. The smallest absolute Gasteiger partial charge is 0.310 e. The van der Waals surface area contributed by atoms with Crippen LogP contribution < -0.4 is 0 Å². The number of carboxylic acids is 1. The first kappa shape index (κ1) is 19.1. The lowest BCUT2D eigenvalue weighted by Gasteiger charge is -2.22. The molecule has 27 heavy (non-hydrogen) atoms. The van der Waals surface area contributed by atoms with Crippen LogP contribution in [0, 0.1) is 5.92 Å². The molecule has 2 aromatic rings. The van der Waals surface area contributed by atoms with E-state index in [-0.39, 0.29) is 19.1 Å². The first-order valence-corrected chi connectivity index (χ1v) is 9.37. The van der Waals surface area contributed by atoms with Gasteiger partial charge >= 0.3 is 5.97 Å². The van der Waals surface area contributed by atoms with E-state index in [1.165, 1.54) is 5.56 Å². The highest BCUT2D eigenvalue weighted by Crippen LogP contribution is 2.22. The second kappa shape index (κ2) is 8.82. The summed E-state index contributed by atoms with van der Waals surface area (Å²) in [6.07, 6.45) is 2.20. The molecule has 0 spiro atoms. The maximum Gasteiger partial charge on any atom is 0.310 e. The number of hydrogen-bond donors (Lipinski definition) is 1. The standard InChI is InChI=1S/C22H25NO4/c1-2-3-16-4-6-17(7-5-16)18-8-10-19(11-9-18)21(24)23-12-13-27-15-20(14-23)22(25)26/h4-11,20H,2-3,12-15H2,1H3,(H,25,26). The van der Waals surface area contributed by atoms with Gasteiger partial charge in [0, 0.05) is 18.7 Å². The maximum atomic E-state index is 12.8. The quantitative estimate of drug-likeness (QED) is 0.879. The number of carbonyl (C=O) groups is 2. The van der Waals surface area contributed by atoms with Gasteiger partial charge in [-0.2, -0.15) is 0 Å². The number of carbonyl (C=O) groups excluding carboxylic acids is 1. The summed E-state index contributed by atoms with van der Waals surface area (Å²) in [5.41, 5.74) is 4.05. The van der Waals surface area contributed by atoms with Gasteiger partial charge in [0.05, 0.1) is 19.1 Å². The Morgan fingerprint density at radius 3 is 2.30 bits per heavy atom. The van der Waals surface area contributed by atoms with Crippen molar-refractivity contribution in [2.45, 2.75) is 19.8 Å². The Hall–Kier alpha value is -2.66. The average Bonchev–Trinajstić information content (AvgIpc) is 2.95. The molecule has 5 nitrogen and oxygen atoms in total. The second-order valence-electron chi connectivity index (χ2n) is 6.89. The van der Waals surface area contributed by atoms with Crippen molar-refractivity contribution in [1.82, 2.24) is 4.90 Å². The van der Waals surface area contributed by atoms with Gasteiger partial charge in [-0.05, 0) is 35.2 Å².